The molecule has 1 saturated heterocycles. The molecule has 0 bridgehead atoms. The lowest BCUT2D eigenvalue weighted by molar-refractivity contribution is -0.142. The third kappa shape index (κ3) is 2.94. The van der Waals surface area contributed by atoms with E-state index in [1.165, 1.54) is 0 Å². The van der Waals surface area contributed by atoms with E-state index in [0.29, 0.717) is 0 Å². The molecule has 1 aliphatic heterocycles. The number of carboxylic acids is 1. The fraction of sp³-hybridized carbons (Fsp3) is 0.917. The summed E-state index contributed by atoms with van der Waals surface area (Å²) in [5, 5.41) is 9.08. The van der Waals surface area contributed by atoms with Crippen molar-refractivity contribution in [3.63, 3.8) is 0 Å². The SMILES string of the molecule is CCC(C)(CC)CN1CCCC1C(=O)O. The molecule has 3 nitrogen and oxygen atoms in total. The molecule has 1 unspecified atom stereocenters. The Morgan fingerprint density at radius 2 is 2.07 bits per heavy atom. The van der Waals surface area contributed by atoms with Gasteiger partial charge in [-0.25, -0.2) is 0 Å². The molecule has 1 heterocycles. The first-order valence-electron chi connectivity index (χ1n) is 5.99. The Hall–Kier alpha value is -0.570. The quantitative estimate of drug-likeness (QED) is 0.762. The molecule has 88 valence electrons. The van der Waals surface area contributed by atoms with E-state index in [2.05, 4.69) is 25.7 Å². The van der Waals surface area contributed by atoms with Gasteiger partial charge in [0, 0.05) is 6.54 Å². The van der Waals surface area contributed by atoms with Crippen LogP contribution in [0.25, 0.3) is 0 Å². The van der Waals surface area contributed by atoms with Gasteiger partial charge in [0.25, 0.3) is 0 Å². The zero-order valence-corrected chi connectivity index (χ0v) is 10.1. The van der Waals surface area contributed by atoms with Gasteiger partial charge in [0.05, 0.1) is 0 Å². The van der Waals surface area contributed by atoms with E-state index in [1.807, 2.05) is 0 Å². The van der Waals surface area contributed by atoms with Crippen molar-refractivity contribution >= 4 is 5.97 Å². The lowest BCUT2D eigenvalue weighted by Crippen LogP contribution is -2.42. The highest BCUT2D eigenvalue weighted by atomic mass is 16.4. The van der Waals surface area contributed by atoms with Crippen molar-refractivity contribution in [1.29, 1.82) is 0 Å². The molecule has 1 N–H and O–H groups in total. The van der Waals surface area contributed by atoms with Crippen LogP contribution in [-0.4, -0.2) is 35.1 Å². The molecule has 15 heavy (non-hydrogen) atoms. The lowest BCUT2D eigenvalue weighted by Gasteiger charge is -2.33. The molecule has 1 atom stereocenters. The summed E-state index contributed by atoms with van der Waals surface area (Å²) < 4.78 is 0. The van der Waals surface area contributed by atoms with Crippen molar-refractivity contribution in [2.75, 3.05) is 13.1 Å². The minimum Gasteiger partial charge on any atom is -0.480 e. The van der Waals surface area contributed by atoms with Crippen LogP contribution >= 0.6 is 0 Å². The van der Waals surface area contributed by atoms with Crippen LogP contribution in [0.4, 0.5) is 0 Å². The van der Waals surface area contributed by atoms with Gasteiger partial charge in [0.1, 0.15) is 6.04 Å². The zero-order valence-electron chi connectivity index (χ0n) is 10.1. The lowest BCUT2D eigenvalue weighted by atomic mass is 9.84. The largest absolute Gasteiger partial charge is 0.480 e. The Bertz CT molecular complexity index is 224. The summed E-state index contributed by atoms with van der Waals surface area (Å²) in [7, 11) is 0. The van der Waals surface area contributed by atoms with Gasteiger partial charge in [0.2, 0.25) is 0 Å². The van der Waals surface area contributed by atoms with Crippen molar-refractivity contribution in [2.45, 2.75) is 52.5 Å². The third-order valence-corrected chi connectivity index (χ3v) is 3.94. The van der Waals surface area contributed by atoms with E-state index < -0.39 is 5.97 Å². The van der Waals surface area contributed by atoms with Crippen LogP contribution in [0.3, 0.4) is 0 Å². The fourth-order valence-corrected chi connectivity index (χ4v) is 2.26. The molecule has 3 heteroatoms. The second kappa shape index (κ2) is 4.97. The Balaban J connectivity index is 2.60. The van der Waals surface area contributed by atoms with E-state index in [9.17, 15) is 4.79 Å². The van der Waals surface area contributed by atoms with Crippen molar-refractivity contribution in [3.05, 3.63) is 0 Å². The van der Waals surface area contributed by atoms with E-state index in [1.54, 1.807) is 0 Å². The summed E-state index contributed by atoms with van der Waals surface area (Å²) in [4.78, 5) is 13.2. The Kier molecular flexibility index (Phi) is 4.14. The summed E-state index contributed by atoms with van der Waals surface area (Å²) in [6.07, 6.45) is 4.08. The number of rotatable bonds is 5. The molecule has 0 amide bonds. The fourth-order valence-electron chi connectivity index (χ4n) is 2.26. The van der Waals surface area contributed by atoms with Crippen LogP contribution in [0.2, 0.25) is 0 Å². The zero-order chi connectivity index (χ0) is 11.5. The maximum Gasteiger partial charge on any atom is 0.320 e. The van der Waals surface area contributed by atoms with Crippen LogP contribution in [0.15, 0.2) is 0 Å². The second-order valence-electron chi connectivity index (χ2n) is 4.98. The molecule has 0 aromatic heterocycles. The minimum absolute atomic E-state index is 0.234. The second-order valence-corrected chi connectivity index (χ2v) is 4.98. The summed E-state index contributed by atoms with van der Waals surface area (Å²) in [6.45, 7) is 8.51. The molecule has 0 saturated carbocycles. The van der Waals surface area contributed by atoms with Gasteiger partial charge in [-0.1, -0.05) is 20.8 Å². The third-order valence-electron chi connectivity index (χ3n) is 3.94. The Morgan fingerprint density at radius 3 is 2.53 bits per heavy atom. The number of nitrogens with zero attached hydrogens (tertiary/aromatic N) is 1. The normalized spacial score (nSPS) is 23.3. The number of likely N-dealkylation sites (tertiary alicyclic amines) is 1. The molecule has 1 fully saturated rings. The average molecular weight is 213 g/mol. The van der Waals surface area contributed by atoms with Crippen molar-refractivity contribution in [2.24, 2.45) is 5.41 Å². The van der Waals surface area contributed by atoms with Gasteiger partial charge in [-0.2, -0.15) is 0 Å². The van der Waals surface area contributed by atoms with Crippen molar-refractivity contribution in [3.8, 4) is 0 Å². The Labute approximate surface area is 92.5 Å². The summed E-state index contributed by atoms with van der Waals surface area (Å²) in [5.74, 6) is -0.651. The van der Waals surface area contributed by atoms with Crippen molar-refractivity contribution in [1.82, 2.24) is 4.90 Å². The van der Waals surface area contributed by atoms with E-state index in [-0.39, 0.29) is 11.5 Å². The van der Waals surface area contributed by atoms with Crippen LogP contribution in [0.1, 0.15) is 46.5 Å². The predicted octanol–water partition coefficient (Wildman–Crippen LogP) is 2.36. The van der Waals surface area contributed by atoms with Gasteiger partial charge in [-0.05, 0) is 37.6 Å². The smallest absolute Gasteiger partial charge is 0.320 e. The molecular weight excluding hydrogens is 190 g/mol. The van der Waals surface area contributed by atoms with Gasteiger partial charge in [-0.15, -0.1) is 0 Å². The number of hydrogen-bond acceptors (Lipinski definition) is 2. The highest BCUT2D eigenvalue weighted by Gasteiger charge is 2.34. The summed E-state index contributed by atoms with van der Waals surface area (Å²) in [5.41, 5.74) is 0.276. The number of hydrogen-bond donors (Lipinski definition) is 1. The van der Waals surface area contributed by atoms with E-state index >= 15 is 0 Å². The standard InChI is InChI=1S/C12H23NO2/c1-4-12(3,5-2)9-13-8-6-7-10(13)11(14)15/h10H,4-9H2,1-3H3,(H,14,15). The van der Waals surface area contributed by atoms with Crippen LogP contribution in [0, 0.1) is 5.41 Å². The minimum atomic E-state index is -0.651. The maximum absolute atomic E-state index is 11.0. The molecule has 1 rings (SSSR count). The number of aliphatic carboxylic acids is 1. The molecule has 1 aliphatic rings. The van der Waals surface area contributed by atoms with Crippen LogP contribution < -0.4 is 0 Å². The van der Waals surface area contributed by atoms with E-state index in [4.69, 9.17) is 5.11 Å². The Morgan fingerprint density at radius 1 is 1.47 bits per heavy atom. The predicted molar refractivity (Wildman–Crippen MR) is 60.9 cm³/mol. The van der Waals surface area contributed by atoms with Crippen LogP contribution in [-0.2, 0) is 4.79 Å². The van der Waals surface area contributed by atoms with E-state index in [0.717, 1.165) is 38.8 Å². The first kappa shape index (κ1) is 12.5. The average Bonchev–Trinajstić information content (AvgIpc) is 2.65. The molecule has 0 aliphatic carbocycles. The summed E-state index contributed by atoms with van der Waals surface area (Å²) in [6, 6.07) is -0.234. The van der Waals surface area contributed by atoms with Gasteiger partial charge in [-0.3, -0.25) is 9.69 Å². The molecule has 0 spiro atoms. The molecule has 0 aromatic carbocycles. The van der Waals surface area contributed by atoms with Crippen LogP contribution in [0.5, 0.6) is 0 Å². The monoisotopic (exact) mass is 213 g/mol. The number of carboxylic acid groups (broad SMARTS) is 1. The first-order chi connectivity index (χ1) is 7.02. The molecule has 0 aromatic rings. The summed E-state index contributed by atoms with van der Waals surface area (Å²) >= 11 is 0. The van der Waals surface area contributed by atoms with Gasteiger partial charge < -0.3 is 5.11 Å². The highest BCUT2D eigenvalue weighted by molar-refractivity contribution is 5.73. The topological polar surface area (TPSA) is 40.5 Å². The van der Waals surface area contributed by atoms with Gasteiger partial charge >= 0.3 is 5.97 Å². The van der Waals surface area contributed by atoms with Gasteiger partial charge in [0.15, 0.2) is 0 Å². The first-order valence-corrected chi connectivity index (χ1v) is 5.99. The maximum atomic E-state index is 11.0. The molecule has 0 radical (unpaired) electrons. The van der Waals surface area contributed by atoms with Crippen molar-refractivity contribution < 1.29 is 9.90 Å². The number of carbonyl (C=O) groups is 1. The highest BCUT2D eigenvalue weighted by Crippen LogP contribution is 2.30. The molecular formula is C12H23NO2.